The van der Waals surface area contributed by atoms with Gasteiger partial charge in [0.05, 0.1) is 0 Å². The highest BCUT2D eigenvalue weighted by Gasteiger charge is 2.22. The van der Waals surface area contributed by atoms with E-state index in [1.54, 1.807) is 24.3 Å². The minimum atomic E-state index is -0.486. The topological polar surface area (TPSA) is 84.2 Å². The van der Waals surface area contributed by atoms with Crippen molar-refractivity contribution < 1.29 is 14.0 Å². The maximum Gasteiger partial charge on any atom is 0.295 e. The molecule has 0 radical (unpaired) electrons. The molecule has 6 heteroatoms. The van der Waals surface area contributed by atoms with Crippen molar-refractivity contribution >= 4 is 23.3 Å². The van der Waals surface area contributed by atoms with Crippen LogP contribution in [-0.4, -0.2) is 16.8 Å². The van der Waals surface area contributed by atoms with Crippen molar-refractivity contribution in [3.05, 3.63) is 66.4 Å². The molecule has 0 saturated carbocycles. The largest absolute Gasteiger partial charge is 0.429 e. The van der Waals surface area contributed by atoms with Crippen LogP contribution in [0, 0.1) is 0 Å². The van der Waals surface area contributed by atoms with E-state index in [0.29, 0.717) is 11.3 Å². The fraction of sp³-hybridized carbons (Fsp3) is 0.0556. The molecule has 0 atom stereocenters. The number of aromatic nitrogens is 1. The number of hydrogen-bond acceptors (Lipinski definition) is 4. The van der Waals surface area contributed by atoms with Gasteiger partial charge in [-0.3, -0.25) is 9.59 Å². The Kier molecular flexibility index (Phi) is 4.38. The number of para-hydroxylation sites is 1. The molecule has 0 aliphatic carbocycles. The predicted octanol–water partition coefficient (Wildman–Crippen LogP) is 3.55. The first-order valence-corrected chi connectivity index (χ1v) is 7.34. The molecule has 0 aliphatic heterocycles. The highest BCUT2D eigenvalue weighted by molar-refractivity contribution is 6.07. The standard InChI is InChI=1S/C18H15N3O3/c1-12(22)19-16-15(17(23)20-14-10-6-3-7-11-14)24-18(21-16)13-8-4-2-5-9-13/h2-11H,1H3,(H,19,22)(H,20,23). The molecular formula is C18H15N3O3. The number of carbonyl (C=O) groups is 2. The zero-order valence-corrected chi connectivity index (χ0v) is 12.9. The molecular weight excluding hydrogens is 306 g/mol. The fourth-order valence-corrected chi connectivity index (χ4v) is 2.14. The Morgan fingerprint density at radius 1 is 0.917 bits per heavy atom. The highest BCUT2D eigenvalue weighted by Crippen LogP contribution is 2.26. The van der Waals surface area contributed by atoms with E-state index in [1.165, 1.54) is 6.92 Å². The number of benzene rings is 2. The average Bonchev–Trinajstić information content (AvgIpc) is 3.00. The van der Waals surface area contributed by atoms with Gasteiger partial charge in [0, 0.05) is 18.2 Å². The second-order valence-electron chi connectivity index (χ2n) is 5.06. The van der Waals surface area contributed by atoms with Crippen molar-refractivity contribution in [1.29, 1.82) is 0 Å². The number of hydrogen-bond donors (Lipinski definition) is 2. The van der Waals surface area contributed by atoms with Crippen molar-refractivity contribution in [3.8, 4) is 11.5 Å². The van der Waals surface area contributed by atoms with Crippen molar-refractivity contribution in [2.75, 3.05) is 10.6 Å². The van der Waals surface area contributed by atoms with Crippen LogP contribution in [0.4, 0.5) is 11.5 Å². The quantitative estimate of drug-likeness (QED) is 0.769. The zero-order valence-electron chi connectivity index (χ0n) is 12.9. The molecule has 1 heterocycles. The molecule has 2 amide bonds. The lowest BCUT2D eigenvalue weighted by molar-refractivity contribution is -0.114. The van der Waals surface area contributed by atoms with Crippen molar-refractivity contribution in [3.63, 3.8) is 0 Å². The van der Waals surface area contributed by atoms with Gasteiger partial charge in [0.15, 0.2) is 5.82 Å². The van der Waals surface area contributed by atoms with Crippen LogP contribution in [0.15, 0.2) is 65.1 Å². The van der Waals surface area contributed by atoms with Gasteiger partial charge in [-0.25, -0.2) is 0 Å². The van der Waals surface area contributed by atoms with Crippen molar-refractivity contribution in [2.45, 2.75) is 6.92 Å². The van der Waals surface area contributed by atoms with Gasteiger partial charge in [-0.1, -0.05) is 36.4 Å². The Morgan fingerprint density at radius 2 is 1.54 bits per heavy atom. The van der Waals surface area contributed by atoms with E-state index in [9.17, 15) is 9.59 Å². The molecule has 0 aliphatic rings. The SMILES string of the molecule is CC(=O)Nc1nc(-c2ccccc2)oc1C(=O)Nc1ccccc1. The fourth-order valence-electron chi connectivity index (χ4n) is 2.14. The molecule has 3 aromatic rings. The summed E-state index contributed by atoms with van der Waals surface area (Å²) < 4.78 is 5.60. The number of amides is 2. The van der Waals surface area contributed by atoms with Crippen LogP contribution in [0.3, 0.4) is 0 Å². The van der Waals surface area contributed by atoms with E-state index in [4.69, 9.17) is 4.42 Å². The first-order valence-electron chi connectivity index (χ1n) is 7.34. The van der Waals surface area contributed by atoms with Crippen molar-refractivity contribution in [1.82, 2.24) is 4.98 Å². The molecule has 120 valence electrons. The van der Waals surface area contributed by atoms with Gasteiger partial charge in [0.1, 0.15) is 0 Å². The number of nitrogens with zero attached hydrogens (tertiary/aromatic N) is 1. The Morgan fingerprint density at radius 3 is 2.17 bits per heavy atom. The molecule has 0 saturated heterocycles. The van der Waals surface area contributed by atoms with Gasteiger partial charge in [-0.15, -0.1) is 0 Å². The molecule has 0 spiro atoms. The number of oxazole rings is 1. The summed E-state index contributed by atoms with van der Waals surface area (Å²) in [5.41, 5.74) is 1.33. The second-order valence-corrected chi connectivity index (χ2v) is 5.06. The van der Waals surface area contributed by atoms with E-state index < -0.39 is 5.91 Å². The van der Waals surface area contributed by atoms with Crippen LogP contribution < -0.4 is 10.6 Å². The van der Waals surface area contributed by atoms with Crippen LogP contribution in [0.2, 0.25) is 0 Å². The van der Waals surface area contributed by atoms with Crippen LogP contribution in [-0.2, 0) is 4.79 Å². The molecule has 24 heavy (non-hydrogen) atoms. The zero-order chi connectivity index (χ0) is 16.9. The second kappa shape index (κ2) is 6.78. The molecule has 2 N–H and O–H groups in total. The number of nitrogens with one attached hydrogen (secondary N) is 2. The summed E-state index contributed by atoms with van der Waals surface area (Å²) in [6.45, 7) is 1.34. The summed E-state index contributed by atoms with van der Waals surface area (Å²) in [6.07, 6.45) is 0. The molecule has 0 fully saturated rings. The lowest BCUT2D eigenvalue weighted by Crippen LogP contribution is -2.15. The molecule has 3 rings (SSSR count). The Hall–Kier alpha value is -3.41. The van der Waals surface area contributed by atoms with Gasteiger partial charge in [0.2, 0.25) is 17.6 Å². The summed E-state index contributed by atoms with van der Waals surface area (Å²) in [5, 5.41) is 5.24. The maximum absolute atomic E-state index is 12.5. The van der Waals surface area contributed by atoms with E-state index in [1.807, 2.05) is 36.4 Å². The van der Waals surface area contributed by atoms with E-state index in [2.05, 4.69) is 15.6 Å². The lowest BCUT2D eigenvalue weighted by atomic mass is 10.2. The van der Waals surface area contributed by atoms with Crippen LogP contribution in [0.1, 0.15) is 17.5 Å². The van der Waals surface area contributed by atoms with Crippen LogP contribution >= 0.6 is 0 Å². The third-order valence-corrected chi connectivity index (χ3v) is 3.18. The minimum Gasteiger partial charge on any atom is -0.429 e. The first kappa shape index (κ1) is 15.5. The van der Waals surface area contributed by atoms with Gasteiger partial charge in [-0.05, 0) is 24.3 Å². The van der Waals surface area contributed by atoms with E-state index in [0.717, 1.165) is 0 Å². The monoisotopic (exact) mass is 321 g/mol. The van der Waals surface area contributed by atoms with Crippen molar-refractivity contribution in [2.24, 2.45) is 0 Å². The molecule has 6 nitrogen and oxygen atoms in total. The Bertz CT molecular complexity index is 858. The summed E-state index contributed by atoms with van der Waals surface area (Å²) in [6, 6.07) is 18.1. The first-order chi connectivity index (χ1) is 11.6. The van der Waals surface area contributed by atoms with Gasteiger partial charge in [-0.2, -0.15) is 4.98 Å². The summed E-state index contributed by atoms with van der Waals surface area (Å²) in [4.78, 5) is 28.1. The number of anilines is 2. The molecule has 1 aromatic heterocycles. The number of rotatable bonds is 4. The predicted molar refractivity (Wildman–Crippen MR) is 90.6 cm³/mol. The third kappa shape index (κ3) is 3.49. The van der Waals surface area contributed by atoms with Crippen LogP contribution in [0.5, 0.6) is 0 Å². The molecule has 0 bridgehead atoms. The average molecular weight is 321 g/mol. The maximum atomic E-state index is 12.5. The van der Waals surface area contributed by atoms with Gasteiger partial charge in [0.25, 0.3) is 5.91 Å². The Labute approximate surface area is 138 Å². The van der Waals surface area contributed by atoms with E-state index in [-0.39, 0.29) is 23.4 Å². The third-order valence-electron chi connectivity index (χ3n) is 3.18. The van der Waals surface area contributed by atoms with Crippen LogP contribution in [0.25, 0.3) is 11.5 Å². The summed E-state index contributed by atoms with van der Waals surface area (Å²) in [7, 11) is 0. The minimum absolute atomic E-state index is 0.0482. The summed E-state index contributed by atoms with van der Waals surface area (Å²) >= 11 is 0. The molecule has 2 aromatic carbocycles. The van der Waals surface area contributed by atoms with E-state index >= 15 is 0 Å². The lowest BCUT2D eigenvalue weighted by Gasteiger charge is -2.04. The molecule has 0 unspecified atom stereocenters. The smallest absolute Gasteiger partial charge is 0.295 e. The normalized spacial score (nSPS) is 10.2. The highest BCUT2D eigenvalue weighted by atomic mass is 16.4. The Balaban J connectivity index is 1.94. The van der Waals surface area contributed by atoms with Gasteiger partial charge >= 0.3 is 0 Å². The van der Waals surface area contributed by atoms with Gasteiger partial charge < -0.3 is 15.1 Å². The summed E-state index contributed by atoms with van der Waals surface area (Å²) in [5.74, 6) is -0.517. The number of carbonyl (C=O) groups excluding carboxylic acids is 2.